The van der Waals surface area contributed by atoms with Gasteiger partial charge < -0.3 is 9.84 Å². The summed E-state index contributed by atoms with van der Waals surface area (Å²) in [6.07, 6.45) is 0.670. The zero-order valence-corrected chi connectivity index (χ0v) is 8.24. The zero-order valence-electron chi connectivity index (χ0n) is 8.24. The van der Waals surface area contributed by atoms with E-state index >= 15 is 0 Å². The molecule has 1 N–H and O–H groups in total. The number of ether oxygens (including phenoxy) is 1. The number of halogens is 1. The van der Waals surface area contributed by atoms with Crippen molar-refractivity contribution in [2.75, 3.05) is 6.61 Å². The predicted molar refractivity (Wildman–Crippen MR) is 51.1 cm³/mol. The Hall–Kier alpha value is -1.49. The summed E-state index contributed by atoms with van der Waals surface area (Å²) in [7, 11) is 0. The van der Waals surface area contributed by atoms with Crippen molar-refractivity contribution >= 4 is 5.78 Å². The third-order valence-corrected chi connectivity index (χ3v) is 1.73. The number of nitrogens with zero attached hydrogens (tertiary/aromatic N) is 1. The molecular formula is C10H11FNO3. The highest BCUT2D eigenvalue weighted by molar-refractivity contribution is 5.99. The number of aromatic nitrogens is 1. The van der Waals surface area contributed by atoms with Crippen LogP contribution in [-0.2, 0) is 0 Å². The molecule has 1 heterocycles. The molecule has 1 radical (unpaired) electrons. The Morgan fingerprint density at radius 2 is 2.47 bits per heavy atom. The van der Waals surface area contributed by atoms with Crippen molar-refractivity contribution in [3.8, 4) is 5.88 Å². The zero-order chi connectivity index (χ0) is 11.4. The van der Waals surface area contributed by atoms with Crippen LogP contribution in [0.15, 0.2) is 12.3 Å². The number of ketones is 1. The second-order valence-electron chi connectivity index (χ2n) is 3.01. The molecule has 5 heteroatoms. The SMILES string of the molecule is [CH2]C(=O)c1ccnc(O[C@H](C)CO)c1F. The molecule has 0 amide bonds. The number of aliphatic hydroxyl groups excluding tert-OH is 1. The summed E-state index contributed by atoms with van der Waals surface area (Å²) in [6, 6.07) is 1.22. The van der Waals surface area contributed by atoms with Crippen molar-refractivity contribution in [3.05, 3.63) is 30.6 Å². The van der Waals surface area contributed by atoms with Gasteiger partial charge in [0.05, 0.1) is 12.2 Å². The number of carbonyl (C=O) groups is 1. The standard InChI is InChI=1S/C10H11FNO3/c1-6(5-13)15-10-9(11)8(7(2)14)3-4-12-10/h3-4,6,13H,2,5H2,1H3/t6-/m1/s1. The minimum Gasteiger partial charge on any atom is -0.470 e. The van der Waals surface area contributed by atoms with E-state index in [1.54, 1.807) is 6.92 Å². The molecule has 1 atom stereocenters. The summed E-state index contributed by atoms with van der Waals surface area (Å²) in [4.78, 5) is 14.5. The quantitative estimate of drug-likeness (QED) is 0.756. The van der Waals surface area contributed by atoms with E-state index in [2.05, 4.69) is 11.9 Å². The Morgan fingerprint density at radius 3 is 3.00 bits per heavy atom. The van der Waals surface area contributed by atoms with E-state index in [-0.39, 0.29) is 18.1 Å². The van der Waals surface area contributed by atoms with Crippen molar-refractivity contribution in [1.29, 1.82) is 0 Å². The van der Waals surface area contributed by atoms with E-state index in [0.717, 1.165) is 0 Å². The Labute approximate surface area is 86.7 Å². The van der Waals surface area contributed by atoms with E-state index < -0.39 is 17.7 Å². The summed E-state index contributed by atoms with van der Waals surface area (Å²) in [6.45, 7) is 4.39. The van der Waals surface area contributed by atoms with Gasteiger partial charge in [-0.15, -0.1) is 0 Å². The fourth-order valence-electron chi connectivity index (χ4n) is 0.950. The van der Waals surface area contributed by atoms with Gasteiger partial charge in [-0.25, -0.2) is 9.37 Å². The molecule has 1 rings (SSSR count). The van der Waals surface area contributed by atoms with Crippen LogP contribution in [0, 0.1) is 12.7 Å². The first-order chi connectivity index (χ1) is 7.06. The number of rotatable bonds is 4. The van der Waals surface area contributed by atoms with E-state index in [0.29, 0.717) is 0 Å². The van der Waals surface area contributed by atoms with Crippen LogP contribution in [0.3, 0.4) is 0 Å². The highest BCUT2D eigenvalue weighted by Gasteiger charge is 2.15. The maximum atomic E-state index is 13.5. The van der Waals surface area contributed by atoms with Gasteiger partial charge in [0.1, 0.15) is 6.10 Å². The van der Waals surface area contributed by atoms with Gasteiger partial charge >= 0.3 is 0 Å². The van der Waals surface area contributed by atoms with Gasteiger partial charge in [-0.1, -0.05) is 0 Å². The Kier molecular flexibility index (Phi) is 3.74. The summed E-state index contributed by atoms with van der Waals surface area (Å²) >= 11 is 0. The molecule has 0 aliphatic heterocycles. The number of Topliss-reactive ketones (excluding diaryl/α,β-unsaturated/α-hetero) is 1. The van der Waals surface area contributed by atoms with Crippen LogP contribution >= 0.6 is 0 Å². The molecule has 0 aliphatic carbocycles. The molecule has 0 saturated heterocycles. The lowest BCUT2D eigenvalue weighted by Crippen LogP contribution is -2.18. The van der Waals surface area contributed by atoms with Crippen LogP contribution in [0.4, 0.5) is 4.39 Å². The average Bonchev–Trinajstić information content (AvgIpc) is 2.20. The molecule has 0 saturated carbocycles. The fourth-order valence-corrected chi connectivity index (χ4v) is 0.950. The molecule has 15 heavy (non-hydrogen) atoms. The molecule has 0 spiro atoms. The van der Waals surface area contributed by atoms with Crippen LogP contribution in [0.25, 0.3) is 0 Å². The van der Waals surface area contributed by atoms with Gasteiger partial charge in [-0.2, -0.15) is 0 Å². The lowest BCUT2D eigenvalue weighted by atomic mass is 10.2. The van der Waals surface area contributed by atoms with Gasteiger partial charge in [0.15, 0.2) is 11.6 Å². The maximum absolute atomic E-state index is 13.5. The van der Waals surface area contributed by atoms with Gasteiger partial charge in [-0.05, 0) is 13.0 Å². The van der Waals surface area contributed by atoms with Crippen LogP contribution < -0.4 is 4.74 Å². The largest absolute Gasteiger partial charge is 0.470 e. The van der Waals surface area contributed by atoms with Crippen LogP contribution in [0.5, 0.6) is 5.88 Å². The molecule has 0 aromatic carbocycles. The highest BCUT2D eigenvalue weighted by atomic mass is 19.1. The monoisotopic (exact) mass is 212 g/mol. The van der Waals surface area contributed by atoms with Crippen molar-refractivity contribution in [3.63, 3.8) is 0 Å². The predicted octanol–water partition coefficient (Wildman–Crippen LogP) is 0.997. The normalized spacial score (nSPS) is 12.3. The van der Waals surface area contributed by atoms with Crippen LogP contribution in [0.1, 0.15) is 17.3 Å². The molecule has 4 nitrogen and oxygen atoms in total. The van der Waals surface area contributed by atoms with E-state index in [1.807, 2.05) is 0 Å². The molecule has 0 fully saturated rings. The third-order valence-electron chi connectivity index (χ3n) is 1.73. The van der Waals surface area contributed by atoms with Gasteiger partial charge in [0, 0.05) is 13.1 Å². The lowest BCUT2D eigenvalue weighted by molar-refractivity contribution is 0.103. The number of aliphatic hydroxyl groups is 1. The second-order valence-corrected chi connectivity index (χ2v) is 3.01. The first kappa shape index (κ1) is 11.6. The lowest BCUT2D eigenvalue weighted by Gasteiger charge is -2.12. The van der Waals surface area contributed by atoms with E-state index in [9.17, 15) is 9.18 Å². The number of hydrogen-bond acceptors (Lipinski definition) is 4. The van der Waals surface area contributed by atoms with Gasteiger partial charge in [0.25, 0.3) is 5.88 Å². The number of carbonyl (C=O) groups excluding carboxylic acids is 1. The number of hydrogen-bond donors (Lipinski definition) is 1. The summed E-state index contributed by atoms with van der Waals surface area (Å²) in [5.74, 6) is -1.79. The fraction of sp³-hybridized carbons (Fsp3) is 0.300. The highest BCUT2D eigenvalue weighted by Crippen LogP contribution is 2.18. The van der Waals surface area contributed by atoms with Crippen molar-refractivity contribution in [2.45, 2.75) is 13.0 Å². The molecule has 1 aromatic rings. The summed E-state index contributed by atoms with van der Waals surface area (Å²) in [5, 5.41) is 8.71. The van der Waals surface area contributed by atoms with Crippen molar-refractivity contribution < 1.29 is 19.0 Å². The third kappa shape index (κ3) is 2.73. The Morgan fingerprint density at radius 1 is 1.80 bits per heavy atom. The molecule has 0 bridgehead atoms. The Balaban J connectivity index is 2.99. The molecule has 0 unspecified atom stereocenters. The second kappa shape index (κ2) is 4.84. The molecule has 0 aliphatic rings. The summed E-state index contributed by atoms with van der Waals surface area (Å²) in [5.41, 5.74) is -0.176. The minimum atomic E-state index is -0.849. The molecule has 1 aromatic heterocycles. The van der Waals surface area contributed by atoms with Gasteiger partial charge in [-0.3, -0.25) is 4.79 Å². The van der Waals surface area contributed by atoms with Gasteiger partial charge in [0.2, 0.25) is 0 Å². The molecule has 81 valence electrons. The minimum absolute atomic E-state index is 0.176. The Bertz CT molecular complexity index is 368. The topological polar surface area (TPSA) is 59.4 Å². The smallest absolute Gasteiger partial charge is 0.251 e. The maximum Gasteiger partial charge on any atom is 0.251 e. The molecular weight excluding hydrogens is 201 g/mol. The first-order valence-corrected chi connectivity index (χ1v) is 4.34. The van der Waals surface area contributed by atoms with Crippen LogP contribution in [0.2, 0.25) is 0 Å². The summed E-state index contributed by atoms with van der Waals surface area (Å²) < 4.78 is 18.5. The average molecular weight is 212 g/mol. The number of pyridine rings is 1. The van der Waals surface area contributed by atoms with Crippen molar-refractivity contribution in [1.82, 2.24) is 4.98 Å². The van der Waals surface area contributed by atoms with Crippen LogP contribution in [-0.4, -0.2) is 28.6 Å². The van der Waals surface area contributed by atoms with Crippen molar-refractivity contribution in [2.24, 2.45) is 0 Å². The van der Waals surface area contributed by atoms with E-state index in [1.165, 1.54) is 12.3 Å². The van der Waals surface area contributed by atoms with E-state index in [4.69, 9.17) is 9.84 Å². The first-order valence-electron chi connectivity index (χ1n) is 4.34.